The van der Waals surface area contributed by atoms with Crippen molar-refractivity contribution in [3.63, 3.8) is 0 Å². The van der Waals surface area contributed by atoms with Crippen molar-refractivity contribution in [2.45, 2.75) is 39.5 Å². The molecule has 0 heterocycles. The summed E-state index contributed by atoms with van der Waals surface area (Å²) >= 11 is 3.41. The number of carbonyl (C=O) groups excluding carboxylic acids is 1. The maximum atomic E-state index is 12.1. The van der Waals surface area contributed by atoms with Crippen LogP contribution in [0.1, 0.15) is 39.5 Å². The molecule has 3 nitrogen and oxygen atoms in total. The van der Waals surface area contributed by atoms with E-state index in [1.165, 1.54) is 0 Å². The van der Waals surface area contributed by atoms with Gasteiger partial charge in [0.25, 0.3) is 0 Å². The van der Waals surface area contributed by atoms with Crippen LogP contribution in [0.4, 0.5) is 11.4 Å². The van der Waals surface area contributed by atoms with Gasteiger partial charge in [0.15, 0.2) is 0 Å². The van der Waals surface area contributed by atoms with E-state index in [0.717, 1.165) is 35.8 Å². The van der Waals surface area contributed by atoms with Crippen molar-refractivity contribution in [1.82, 2.24) is 0 Å². The number of amides is 1. The summed E-state index contributed by atoms with van der Waals surface area (Å²) in [6.45, 7) is 4.19. The summed E-state index contributed by atoms with van der Waals surface area (Å²) in [5.74, 6) is 0.163. The third-order valence-corrected chi connectivity index (χ3v) is 3.71. The van der Waals surface area contributed by atoms with Gasteiger partial charge in [-0.15, -0.1) is 0 Å². The van der Waals surface area contributed by atoms with Gasteiger partial charge in [-0.2, -0.15) is 0 Å². The number of unbranched alkanes of at least 4 members (excludes halogenated alkanes) is 1. The highest BCUT2D eigenvalue weighted by Crippen LogP contribution is 2.26. The Hall–Kier alpha value is -1.03. The van der Waals surface area contributed by atoms with Crippen molar-refractivity contribution in [3.05, 3.63) is 22.7 Å². The highest BCUT2D eigenvalue weighted by molar-refractivity contribution is 9.10. The van der Waals surface area contributed by atoms with Crippen molar-refractivity contribution < 1.29 is 4.79 Å². The van der Waals surface area contributed by atoms with Crippen LogP contribution in [0.3, 0.4) is 0 Å². The second-order valence-corrected chi connectivity index (χ2v) is 5.33. The average Bonchev–Trinajstić information content (AvgIpc) is 2.35. The van der Waals surface area contributed by atoms with Crippen molar-refractivity contribution in [2.75, 3.05) is 11.1 Å². The van der Waals surface area contributed by atoms with Crippen LogP contribution in [0.5, 0.6) is 0 Å². The third kappa shape index (κ3) is 4.33. The molecule has 18 heavy (non-hydrogen) atoms. The molecule has 0 saturated carbocycles. The standard InChI is InChI=1S/C14H21BrN2O/c1-3-5-6-10(4-2)14(18)17-13-9-11(16)7-8-12(13)15/h7-10H,3-6,16H2,1-2H3,(H,17,18). The monoisotopic (exact) mass is 312 g/mol. The molecular weight excluding hydrogens is 292 g/mol. The number of rotatable bonds is 6. The van der Waals surface area contributed by atoms with Gasteiger partial charge in [0.2, 0.25) is 5.91 Å². The number of hydrogen-bond donors (Lipinski definition) is 2. The summed E-state index contributed by atoms with van der Waals surface area (Å²) in [5, 5.41) is 2.95. The molecule has 1 amide bonds. The lowest BCUT2D eigenvalue weighted by Crippen LogP contribution is -2.22. The maximum absolute atomic E-state index is 12.1. The van der Waals surface area contributed by atoms with Gasteiger partial charge in [0.05, 0.1) is 5.69 Å². The lowest BCUT2D eigenvalue weighted by Gasteiger charge is -2.15. The predicted molar refractivity (Wildman–Crippen MR) is 80.5 cm³/mol. The average molecular weight is 313 g/mol. The number of nitrogen functional groups attached to an aromatic ring is 1. The van der Waals surface area contributed by atoms with Gasteiger partial charge >= 0.3 is 0 Å². The van der Waals surface area contributed by atoms with E-state index in [1.54, 1.807) is 12.1 Å². The second-order valence-electron chi connectivity index (χ2n) is 4.48. The molecule has 0 aromatic heterocycles. The number of carbonyl (C=O) groups is 1. The molecule has 1 aromatic carbocycles. The number of nitrogens with two attached hydrogens (primary N) is 1. The van der Waals surface area contributed by atoms with Gasteiger partial charge in [-0.05, 0) is 47.0 Å². The fraction of sp³-hybridized carbons (Fsp3) is 0.500. The molecule has 3 N–H and O–H groups in total. The van der Waals surface area contributed by atoms with Crippen LogP contribution in [0.15, 0.2) is 22.7 Å². The van der Waals surface area contributed by atoms with Crippen LogP contribution in [-0.2, 0) is 4.79 Å². The smallest absolute Gasteiger partial charge is 0.227 e. The highest BCUT2D eigenvalue weighted by atomic mass is 79.9. The molecule has 1 unspecified atom stereocenters. The summed E-state index contributed by atoms with van der Waals surface area (Å²) in [6, 6.07) is 5.42. The van der Waals surface area contributed by atoms with Crippen LogP contribution in [-0.4, -0.2) is 5.91 Å². The van der Waals surface area contributed by atoms with Crippen molar-refractivity contribution in [2.24, 2.45) is 5.92 Å². The SMILES string of the molecule is CCCCC(CC)C(=O)Nc1cc(N)ccc1Br. The molecule has 100 valence electrons. The Labute approximate surface area is 117 Å². The fourth-order valence-electron chi connectivity index (χ4n) is 1.84. The zero-order valence-corrected chi connectivity index (χ0v) is 12.6. The van der Waals surface area contributed by atoms with E-state index >= 15 is 0 Å². The normalized spacial score (nSPS) is 12.2. The van der Waals surface area contributed by atoms with Gasteiger partial charge in [-0.1, -0.05) is 26.7 Å². The Balaban J connectivity index is 2.70. The third-order valence-electron chi connectivity index (χ3n) is 3.02. The van der Waals surface area contributed by atoms with Gasteiger partial charge in [0, 0.05) is 16.1 Å². The van der Waals surface area contributed by atoms with Crippen LogP contribution < -0.4 is 11.1 Å². The molecule has 0 radical (unpaired) electrons. The van der Waals surface area contributed by atoms with Crippen molar-refractivity contribution >= 4 is 33.2 Å². The van der Waals surface area contributed by atoms with Crippen molar-refractivity contribution in [3.8, 4) is 0 Å². The highest BCUT2D eigenvalue weighted by Gasteiger charge is 2.16. The molecular formula is C14H21BrN2O. The molecule has 0 aliphatic heterocycles. The van der Waals surface area contributed by atoms with Crippen LogP contribution in [0.2, 0.25) is 0 Å². The topological polar surface area (TPSA) is 55.1 Å². The molecule has 0 saturated heterocycles. The molecule has 1 aromatic rings. The quantitative estimate of drug-likeness (QED) is 0.774. The zero-order valence-electron chi connectivity index (χ0n) is 11.0. The molecule has 0 bridgehead atoms. The minimum Gasteiger partial charge on any atom is -0.399 e. The molecule has 0 fully saturated rings. The van der Waals surface area contributed by atoms with E-state index in [2.05, 4.69) is 28.2 Å². The minimum absolute atomic E-state index is 0.0808. The van der Waals surface area contributed by atoms with Gasteiger partial charge in [-0.25, -0.2) is 0 Å². The Kier molecular flexibility index (Phi) is 6.19. The van der Waals surface area contributed by atoms with E-state index in [0.29, 0.717) is 5.69 Å². The number of halogens is 1. The lowest BCUT2D eigenvalue weighted by atomic mass is 9.98. The van der Waals surface area contributed by atoms with E-state index in [9.17, 15) is 4.79 Å². The summed E-state index contributed by atoms with van der Waals surface area (Å²) in [4.78, 5) is 12.1. The van der Waals surface area contributed by atoms with Gasteiger partial charge in [-0.3, -0.25) is 4.79 Å². The van der Waals surface area contributed by atoms with Crippen LogP contribution >= 0.6 is 15.9 Å². The second kappa shape index (κ2) is 7.41. The molecule has 4 heteroatoms. The first-order valence-corrected chi connectivity index (χ1v) is 7.23. The number of nitrogens with one attached hydrogen (secondary N) is 1. The summed E-state index contributed by atoms with van der Waals surface area (Å²) in [5.41, 5.74) is 7.11. The Morgan fingerprint density at radius 1 is 1.44 bits per heavy atom. The molecule has 1 rings (SSSR count). The van der Waals surface area contributed by atoms with E-state index < -0.39 is 0 Å². The first kappa shape index (κ1) is 15.0. The van der Waals surface area contributed by atoms with E-state index in [-0.39, 0.29) is 11.8 Å². The summed E-state index contributed by atoms with van der Waals surface area (Å²) in [6.07, 6.45) is 4.01. The first-order chi connectivity index (χ1) is 8.58. The Morgan fingerprint density at radius 2 is 2.17 bits per heavy atom. The lowest BCUT2D eigenvalue weighted by molar-refractivity contribution is -0.120. The Bertz CT molecular complexity index is 407. The molecule has 0 aliphatic rings. The van der Waals surface area contributed by atoms with Crippen LogP contribution in [0.25, 0.3) is 0 Å². The largest absolute Gasteiger partial charge is 0.399 e. The zero-order chi connectivity index (χ0) is 13.5. The minimum atomic E-state index is 0.0808. The maximum Gasteiger partial charge on any atom is 0.227 e. The summed E-state index contributed by atoms with van der Waals surface area (Å²) in [7, 11) is 0. The molecule has 1 atom stereocenters. The van der Waals surface area contributed by atoms with Crippen LogP contribution in [0, 0.1) is 5.92 Å². The molecule has 0 aliphatic carbocycles. The van der Waals surface area contributed by atoms with E-state index in [1.807, 2.05) is 13.0 Å². The molecule has 0 spiro atoms. The fourth-order valence-corrected chi connectivity index (χ4v) is 2.19. The number of benzene rings is 1. The van der Waals surface area contributed by atoms with E-state index in [4.69, 9.17) is 5.73 Å². The first-order valence-electron chi connectivity index (χ1n) is 6.44. The summed E-state index contributed by atoms with van der Waals surface area (Å²) < 4.78 is 0.857. The Morgan fingerprint density at radius 3 is 2.78 bits per heavy atom. The van der Waals surface area contributed by atoms with Gasteiger partial charge in [0.1, 0.15) is 0 Å². The van der Waals surface area contributed by atoms with Gasteiger partial charge < -0.3 is 11.1 Å². The predicted octanol–water partition coefficient (Wildman–Crippen LogP) is 4.19. The number of anilines is 2. The van der Waals surface area contributed by atoms with Crippen molar-refractivity contribution in [1.29, 1.82) is 0 Å². The number of hydrogen-bond acceptors (Lipinski definition) is 2.